The Kier molecular flexibility index (Phi) is 5.67. The number of carbonyl (C=O) groups excluding carboxylic acids is 2. The summed E-state index contributed by atoms with van der Waals surface area (Å²) in [5.74, 6) is -0.179. The molecule has 0 spiro atoms. The zero-order chi connectivity index (χ0) is 19.2. The Hall–Kier alpha value is -3.40. The van der Waals surface area contributed by atoms with Crippen LogP contribution >= 0.6 is 0 Å². The normalized spacial score (nSPS) is 14.3. The molecule has 0 atom stereocenters. The quantitative estimate of drug-likeness (QED) is 0.773. The fraction of sp³-hybridized carbons (Fsp3) is 0.300. The largest absolute Gasteiger partial charge is 0.473 e. The van der Waals surface area contributed by atoms with Crippen LogP contribution in [0.3, 0.4) is 0 Å². The summed E-state index contributed by atoms with van der Waals surface area (Å²) in [6.45, 7) is 1.11. The first-order chi connectivity index (χ1) is 13.1. The number of benzene rings is 1. The van der Waals surface area contributed by atoms with Gasteiger partial charge in [-0.05, 0) is 36.4 Å². The van der Waals surface area contributed by atoms with Crippen LogP contribution in [-0.2, 0) is 4.74 Å². The molecule has 1 aromatic heterocycles. The van der Waals surface area contributed by atoms with Gasteiger partial charge in [0, 0.05) is 37.7 Å². The van der Waals surface area contributed by atoms with Crippen LogP contribution in [0.2, 0.25) is 0 Å². The topological polar surface area (TPSA) is 92.5 Å². The summed E-state index contributed by atoms with van der Waals surface area (Å²) in [6.07, 6.45) is 2.82. The van der Waals surface area contributed by atoms with Crippen LogP contribution in [0, 0.1) is 11.3 Å². The maximum atomic E-state index is 12.6. The van der Waals surface area contributed by atoms with Crippen molar-refractivity contribution in [3.05, 3.63) is 59.3 Å². The standard InChI is InChI=1S/C20H19N3O4/c1-26-20(25)15-6-4-14(5-7-15)19(24)23-11-8-17(9-12-23)27-18-16(13-21)3-2-10-22-18/h2-7,10,17H,8-9,11-12H2,1H3. The van der Waals surface area contributed by atoms with E-state index in [0.29, 0.717) is 48.5 Å². The van der Waals surface area contributed by atoms with Crippen molar-refractivity contribution in [3.63, 3.8) is 0 Å². The molecule has 1 saturated heterocycles. The molecular weight excluding hydrogens is 346 g/mol. The number of piperidine rings is 1. The smallest absolute Gasteiger partial charge is 0.337 e. The summed E-state index contributed by atoms with van der Waals surface area (Å²) in [5, 5.41) is 9.11. The minimum Gasteiger partial charge on any atom is -0.473 e. The van der Waals surface area contributed by atoms with Gasteiger partial charge in [-0.3, -0.25) is 4.79 Å². The lowest BCUT2D eigenvalue weighted by molar-refractivity contribution is 0.0579. The predicted octanol–water partition coefficient (Wildman–Crippen LogP) is 2.42. The summed E-state index contributed by atoms with van der Waals surface area (Å²) < 4.78 is 10.5. The highest BCUT2D eigenvalue weighted by Crippen LogP contribution is 2.21. The SMILES string of the molecule is COC(=O)c1ccc(C(=O)N2CCC(Oc3ncccc3C#N)CC2)cc1. The minimum absolute atomic E-state index is 0.0829. The first-order valence-corrected chi connectivity index (χ1v) is 8.62. The lowest BCUT2D eigenvalue weighted by Gasteiger charge is -2.32. The van der Waals surface area contributed by atoms with E-state index in [2.05, 4.69) is 15.8 Å². The number of likely N-dealkylation sites (tertiary alicyclic amines) is 1. The maximum absolute atomic E-state index is 12.6. The van der Waals surface area contributed by atoms with Crippen LogP contribution in [-0.4, -0.2) is 48.1 Å². The third-order valence-electron chi connectivity index (χ3n) is 4.45. The van der Waals surface area contributed by atoms with E-state index in [1.165, 1.54) is 7.11 Å². The third kappa shape index (κ3) is 4.23. The number of amides is 1. The summed E-state index contributed by atoms with van der Waals surface area (Å²) >= 11 is 0. The van der Waals surface area contributed by atoms with Gasteiger partial charge in [-0.2, -0.15) is 5.26 Å². The van der Waals surface area contributed by atoms with Crippen LogP contribution in [0.1, 0.15) is 39.1 Å². The van der Waals surface area contributed by atoms with Crippen molar-refractivity contribution in [2.45, 2.75) is 18.9 Å². The van der Waals surface area contributed by atoms with Gasteiger partial charge in [0.25, 0.3) is 5.91 Å². The number of pyridine rings is 1. The van der Waals surface area contributed by atoms with Gasteiger partial charge >= 0.3 is 5.97 Å². The van der Waals surface area contributed by atoms with Gasteiger partial charge in [0.15, 0.2) is 0 Å². The number of nitrogens with zero attached hydrogens (tertiary/aromatic N) is 3. The van der Waals surface area contributed by atoms with E-state index in [9.17, 15) is 9.59 Å². The molecular formula is C20H19N3O4. The monoisotopic (exact) mass is 365 g/mol. The Morgan fingerprint density at radius 2 is 1.81 bits per heavy atom. The molecule has 138 valence electrons. The number of esters is 1. The Morgan fingerprint density at radius 1 is 1.15 bits per heavy atom. The van der Waals surface area contributed by atoms with Crippen molar-refractivity contribution < 1.29 is 19.1 Å². The number of ether oxygens (including phenoxy) is 2. The molecule has 2 aromatic rings. The van der Waals surface area contributed by atoms with Crippen LogP contribution in [0.4, 0.5) is 0 Å². The molecule has 7 heteroatoms. The zero-order valence-electron chi connectivity index (χ0n) is 14.9. The van der Waals surface area contributed by atoms with Gasteiger partial charge in [-0.1, -0.05) is 0 Å². The number of rotatable bonds is 4. The molecule has 1 aromatic carbocycles. The van der Waals surface area contributed by atoms with Crippen LogP contribution < -0.4 is 4.74 Å². The van der Waals surface area contributed by atoms with Crippen molar-refractivity contribution in [1.82, 2.24) is 9.88 Å². The van der Waals surface area contributed by atoms with Gasteiger partial charge in [-0.15, -0.1) is 0 Å². The number of aromatic nitrogens is 1. The van der Waals surface area contributed by atoms with E-state index in [4.69, 9.17) is 10.00 Å². The van der Waals surface area contributed by atoms with E-state index in [0.717, 1.165) is 0 Å². The summed E-state index contributed by atoms with van der Waals surface area (Å²) in [7, 11) is 1.32. The Bertz CT molecular complexity index is 866. The predicted molar refractivity (Wildman–Crippen MR) is 96.3 cm³/mol. The van der Waals surface area contributed by atoms with Crippen LogP contribution in [0.15, 0.2) is 42.6 Å². The van der Waals surface area contributed by atoms with E-state index >= 15 is 0 Å². The van der Waals surface area contributed by atoms with E-state index in [1.807, 2.05) is 0 Å². The molecule has 0 radical (unpaired) electrons. The molecule has 3 rings (SSSR count). The van der Waals surface area contributed by atoms with E-state index < -0.39 is 5.97 Å². The highest BCUT2D eigenvalue weighted by atomic mass is 16.5. The van der Waals surface area contributed by atoms with Crippen molar-refractivity contribution in [1.29, 1.82) is 5.26 Å². The molecule has 2 heterocycles. The van der Waals surface area contributed by atoms with Gasteiger partial charge in [0.05, 0.1) is 12.7 Å². The minimum atomic E-state index is -0.432. The lowest BCUT2D eigenvalue weighted by atomic mass is 10.1. The fourth-order valence-electron chi connectivity index (χ4n) is 2.95. The third-order valence-corrected chi connectivity index (χ3v) is 4.45. The first-order valence-electron chi connectivity index (χ1n) is 8.62. The fourth-order valence-corrected chi connectivity index (χ4v) is 2.95. The van der Waals surface area contributed by atoms with Gasteiger partial charge in [0.2, 0.25) is 5.88 Å². The molecule has 7 nitrogen and oxygen atoms in total. The maximum Gasteiger partial charge on any atom is 0.337 e. The van der Waals surface area contributed by atoms with Crippen LogP contribution in [0.5, 0.6) is 5.88 Å². The molecule has 0 N–H and O–H groups in total. The highest BCUT2D eigenvalue weighted by molar-refractivity contribution is 5.96. The van der Waals surface area contributed by atoms with Crippen molar-refractivity contribution in [3.8, 4) is 11.9 Å². The van der Waals surface area contributed by atoms with E-state index in [1.54, 1.807) is 47.5 Å². The molecule has 1 aliphatic heterocycles. The molecule has 1 aliphatic rings. The second-order valence-electron chi connectivity index (χ2n) is 6.15. The van der Waals surface area contributed by atoms with Gasteiger partial charge in [-0.25, -0.2) is 9.78 Å². The van der Waals surface area contributed by atoms with Gasteiger partial charge in [0.1, 0.15) is 17.7 Å². The van der Waals surface area contributed by atoms with Crippen molar-refractivity contribution in [2.24, 2.45) is 0 Å². The molecule has 1 fully saturated rings. The zero-order valence-corrected chi connectivity index (χ0v) is 14.9. The molecule has 0 saturated carbocycles. The van der Waals surface area contributed by atoms with E-state index in [-0.39, 0.29) is 12.0 Å². The summed E-state index contributed by atoms with van der Waals surface area (Å²) in [6, 6.07) is 11.8. The number of hydrogen-bond donors (Lipinski definition) is 0. The number of hydrogen-bond acceptors (Lipinski definition) is 6. The van der Waals surface area contributed by atoms with Crippen molar-refractivity contribution in [2.75, 3.05) is 20.2 Å². The summed E-state index contributed by atoms with van der Waals surface area (Å²) in [4.78, 5) is 30.0. The summed E-state index contributed by atoms with van der Waals surface area (Å²) in [5.41, 5.74) is 1.34. The van der Waals surface area contributed by atoms with Gasteiger partial charge < -0.3 is 14.4 Å². The lowest BCUT2D eigenvalue weighted by Crippen LogP contribution is -2.41. The average Bonchev–Trinajstić information content (AvgIpc) is 2.73. The molecule has 27 heavy (non-hydrogen) atoms. The Labute approximate surface area is 157 Å². The second-order valence-corrected chi connectivity index (χ2v) is 6.15. The number of carbonyl (C=O) groups is 2. The molecule has 0 aliphatic carbocycles. The molecule has 1 amide bonds. The first kappa shape index (κ1) is 18.4. The second kappa shape index (κ2) is 8.32. The number of methoxy groups -OCH3 is 1. The van der Waals surface area contributed by atoms with Crippen molar-refractivity contribution >= 4 is 11.9 Å². The molecule has 0 unspecified atom stereocenters. The average molecular weight is 365 g/mol. The number of nitriles is 1. The Morgan fingerprint density at radius 3 is 2.44 bits per heavy atom. The van der Waals surface area contributed by atoms with Crippen LogP contribution in [0.25, 0.3) is 0 Å². The highest BCUT2D eigenvalue weighted by Gasteiger charge is 2.25. The Balaban J connectivity index is 1.58. The molecule has 0 bridgehead atoms.